The van der Waals surface area contributed by atoms with Crippen LogP contribution in [-0.2, 0) is 16.4 Å². The molecule has 1 rings (SSSR count). The van der Waals surface area contributed by atoms with Gasteiger partial charge in [0.1, 0.15) is 0 Å². The van der Waals surface area contributed by atoms with Gasteiger partial charge in [-0.1, -0.05) is 31.0 Å². The highest BCUT2D eigenvalue weighted by Gasteiger charge is 2.20. The molecule has 0 unspecified atom stereocenters. The van der Waals surface area contributed by atoms with E-state index in [-0.39, 0.29) is 5.54 Å². The van der Waals surface area contributed by atoms with Gasteiger partial charge >= 0.3 is 0 Å². The van der Waals surface area contributed by atoms with Crippen LogP contribution in [0.5, 0.6) is 0 Å². The SMILES string of the molecule is CCCC(C)(C)NCc1c(Cl)cccc1S(C)(=O)=O. The van der Waals surface area contributed by atoms with E-state index in [4.69, 9.17) is 11.6 Å². The summed E-state index contributed by atoms with van der Waals surface area (Å²) in [6.07, 6.45) is 3.30. The van der Waals surface area contributed by atoms with Gasteiger partial charge in [-0.3, -0.25) is 0 Å². The fraction of sp³-hybridized carbons (Fsp3) is 0.571. The number of sulfone groups is 1. The summed E-state index contributed by atoms with van der Waals surface area (Å²) in [5.74, 6) is 0. The molecule has 19 heavy (non-hydrogen) atoms. The largest absolute Gasteiger partial charge is 0.308 e. The molecule has 0 aliphatic heterocycles. The second-order valence-corrected chi connectivity index (χ2v) is 7.87. The zero-order valence-corrected chi connectivity index (χ0v) is 13.5. The minimum absolute atomic E-state index is 0.0390. The van der Waals surface area contributed by atoms with Gasteiger partial charge in [0.25, 0.3) is 0 Å². The first-order chi connectivity index (χ1) is 8.67. The van der Waals surface area contributed by atoms with Crippen molar-refractivity contribution < 1.29 is 8.42 Å². The molecule has 3 nitrogen and oxygen atoms in total. The Morgan fingerprint density at radius 3 is 2.47 bits per heavy atom. The summed E-state index contributed by atoms with van der Waals surface area (Å²) in [6.45, 7) is 6.79. The van der Waals surface area contributed by atoms with E-state index >= 15 is 0 Å². The number of benzene rings is 1. The van der Waals surface area contributed by atoms with Crippen LogP contribution in [0.2, 0.25) is 5.02 Å². The normalized spacial score (nSPS) is 12.7. The van der Waals surface area contributed by atoms with Crippen LogP contribution in [0.15, 0.2) is 23.1 Å². The first kappa shape index (κ1) is 16.5. The molecular weight excluding hydrogens is 282 g/mol. The lowest BCUT2D eigenvalue weighted by atomic mass is 9.98. The van der Waals surface area contributed by atoms with Crippen molar-refractivity contribution in [2.45, 2.75) is 50.6 Å². The van der Waals surface area contributed by atoms with Gasteiger partial charge in [-0.05, 0) is 32.4 Å². The molecule has 0 bridgehead atoms. The van der Waals surface area contributed by atoms with E-state index in [9.17, 15) is 8.42 Å². The minimum atomic E-state index is -3.26. The van der Waals surface area contributed by atoms with Crippen molar-refractivity contribution in [2.75, 3.05) is 6.26 Å². The highest BCUT2D eigenvalue weighted by atomic mass is 35.5. The maximum absolute atomic E-state index is 11.8. The van der Waals surface area contributed by atoms with Gasteiger partial charge in [-0.25, -0.2) is 8.42 Å². The van der Waals surface area contributed by atoms with Crippen LogP contribution in [0.25, 0.3) is 0 Å². The highest BCUT2D eigenvalue weighted by Crippen LogP contribution is 2.25. The Bertz CT molecular complexity index is 538. The Morgan fingerprint density at radius 1 is 1.32 bits per heavy atom. The maximum atomic E-state index is 11.8. The van der Waals surface area contributed by atoms with E-state index in [1.807, 2.05) is 0 Å². The van der Waals surface area contributed by atoms with Crippen molar-refractivity contribution in [3.05, 3.63) is 28.8 Å². The molecule has 1 N–H and O–H groups in total. The second-order valence-electron chi connectivity index (χ2n) is 5.48. The van der Waals surface area contributed by atoms with E-state index in [2.05, 4.69) is 26.1 Å². The summed E-state index contributed by atoms with van der Waals surface area (Å²) < 4.78 is 23.5. The minimum Gasteiger partial charge on any atom is -0.308 e. The lowest BCUT2D eigenvalue weighted by molar-refractivity contribution is 0.355. The molecule has 0 heterocycles. The Labute approximate surface area is 121 Å². The summed E-state index contributed by atoms with van der Waals surface area (Å²) in [6, 6.07) is 4.99. The monoisotopic (exact) mass is 303 g/mol. The van der Waals surface area contributed by atoms with Crippen molar-refractivity contribution in [2.24, 2.45) is 0 Å². The van der Waals surface area contributed by atoms with Crippen molar-refractivity contribution in [3.8, 4) is 0 Å². The van der Waals surface area contributed by atoms with E-state index in [1.165, 1.54) is 6.26 Å². The van der Waals surface area contributed by atoms with Crippen LogP contribution < -0.4 is 5.32 Å². The van der Waals surface area contributed by atoms with Crippen LogP contribution >= 0.6 is 11.6 Å². The predicted molar refractivity (Wildman–Crippen MR) is 80.4 cm³/mol. The predicted octanol–water partition coefficient (Wildman–Crippen LogP) is 3.41. The summed E-state index contributed by atoms with van der Waals surface area (Å²) in [4.78, 5) is 0.305. The second kappa shape index (κ2) is 6.25. The molecule has 0 aromatic heterocycles. The Balaban J connectivity index is 3.02. The molecule has 0 saturated heterocycles. The van der Waals surface area contributed by atoms with Crippen molar-refractivity contribution >= 4 is 21.4 Å². The van der Waals surface area contributed by atoms with E-state index in [0.29, 0.717) is 22.0 Å². The van der Waals surface area contributed by atoms with Crippen molar-refractivity contribution in [1.29, 1.82) is 0 Å². The third-order valence-corrected chi connectivity index (χ3v) is 4.63. The molecule has 0 radical (unpaired) electrons. The van der Waals surface area contributed by atoms with E-state index in [0.717, 1.165) is 12.8 Å². The molecule has 0 spiro atoms. The molecule has 1 aromatic carbocycles. The molecule has 0 fully saturated rings. The topological polar surface area (TPSA) is 46.2 Å². The summed E-state index contributed by atoms with van der Waals surface area (Å²) in [7, 11) is -3.26. The summed E-state index contributed by atoms with van der Waals surface area (Å²) in [5, 5.41) is 3.87. The zero-order chi connectivity index (χ0) is 14.7. The van der Waals surface area contributed by atoms with Crippen molar-refractivity contribution in [1.82, 2.24) is 5.32 Å². The average molecular weight is 304 g/mol. The Kier molecular flexibility index (Phi) is 5.42. The van der Waals surface area contributed by atoms with Gasteiger partial charge in [-0.15, -0.1) is 0 Å². The van der Waals surface area contributed by atoms with Gasteiger partial charge in [0, 0.05) is 28.9 Å². The average Bonchev–Trinajstić information content (AvgIpc) is 2.25. The third kappa shape index (κ3) is 4.79. The molecule has 108 valence electrons. The number of halogens is 1. The smallest absolute Gasteiger partial charge is 0.175 e. The lowest BCUT2D eigenvalue weighted by Crippen LogP contribution is -2.38. The van der Waals surface area contributed by atoms with Crippen molar-refractivity contribution in [3.63, 3.8) is 0 Å². The fourth-order valence-electron chi connectivity index (χ4n) is 2.10. The molecule has 0 aliphatic rings. The standard InChI is InChI=1S/C14H22ClNO2S/c1-5-9-14(2,3)16-10-11-12(15)7-6-8-13(11)19(4,17)18/h6-8,16H,5,9-10H2,1-4H3. The molecule has 5 heteroatoms. The van der Waals surface area contributed by atoms with Gasteiger partial charge in [0.05, 0.1) is 4.90 Å². The molecule has 1 aromatic rings. The van der Waals surface area contributed by atoms with Gasteiger partial charge in [0.2, 0.25) is 0 Å². The Hall–Kier alpha value is -0.580. The molecule has 0 aliphatic carbocycles. The quantitative estimate of drug-likeness (QED) is 0.876. The number of nitrogens with one attached hydrogen (secondary N) is 1. The van der Waals surface area contributed by atoms with Crippen LogP contribution in [-0.4, -0.2) is 20.2 Å². The van der Waals surface area contributed by atoms with E-state index in [1.54, 1.807) is 18.2 Å². The number of hydrogen-bond donors (Lipinski definition) is 1. The molecule has 0 amide bonds. The first-order valence-electron chi connectivity index (χ1n) is 6.40. The first-order valence-corrected chi connectivity index (χ1v) is 8.67. The fourth-order valence-corrected chi connectivity index (χ4v) is 3.35. The summed E-state index contributed by atoms with van der Waals surface area (Å²) >= 11 is 6.14. The molecule has 0 saturated carbocycles. The number of hydrogen-bond acceptors (Lipinski definition) is 3. The maximum Gasteiger partial charge on any atom is 0.175 e. The van der Waals surface area contributed by atoms with Gasteiger partial charge in [-0.2, -0.15) is 0 Å². The third-order valence-electron chi connectivity index (χ3n) is 3.09. The lowest BCUT2D eigenvalue weighted by Gasteiger charge is -2.26. The summed E-state index contributed by atoms with van der Waals surface area (Å²) in [5.41, 5.74) is 0.610. The molecule has 0 atom stereocenters. The van der Waals surface area contributed by atoms with Crippen LogP contribution in [0.4, 0.5) is 0 Å². The zero-order valence-electron chi connectivity index (χ0n) is 12.0. The van der Waals surface area contributed by atoms with Crippen LogP contribution in [0, 0.1) is 0 Å². The van der Waals surface area contributed by atoms with Gasteiger partial charge < -0.3 is 5.32 Å². The Morgan fingerprint density at radius 2 is 1.95 bits per heavy atom. The number of rotatable bonds is 6. The van der Waals surface area contributed by atoms with Gasteiger partial charge in [0.15, 0.2) is 9.84 Å². The van der Waals surface area contributed by atoms with Crippen LogP contribution in [0.3, 0.4) is 0 Å². The van der Waals surface area contributed by atoms with E-state index < -0.39 is 9.84 Å². The molecular formula is C14H22ClNO2S. The highest BCUT2D eigenvalue weighted by molar-refractivity contribution is 7.90. The van der Waals surface area contributed by atoms with Crippen LogP contribution in [0.1, 0.15) is 39.2 Å².